The summed E-state index contributed by atoms with van der Waals surface area (Å²) in [7, 11) is -7.43. The fourth-order valence-electron chi connectivity index (χ4n) is 3.58. The fourth-order valence-corrected chi connectivity index (χ4v) is 6.45. The monoisotopic (exact) mass is 577 g/mol. The molecule has 0 bridgehead atoms. The zero-order chi connectivity index (χ0) is 27.5. The number of ether oxygens (including phenoxy) is 1. The third kappa shape index (κ3) is 6.35. The van der Waals surface area contributed by atoms with Gasteiger partial charge in [-0.05, 0) is 67.6 Å². The Balaban J connectivity index is 1.69. The number of sulfonamides is 1. The average Bonchev–Trinajstić information content (AvgIpc) is 3.20. The van der Waals surface area contributed by atoms with Crippen LogP contribution in [0.2, 0.25) is 0 Å². The summed E-state index contributed by atoms with van der Waals surface area (Å²) in [6, 6.07) is 14.9. The van der Waals surface area contributed by atoms with Crippen LogP contribution in [0.5, 0.6) is 0 Å². The Bertz CT molecular complexity index is 1780. The summed E-state index contributed by atoms with van der Waals surface area (Å²) in [6.07, 6.45) is 1.12. The Morgan fingerprint density at radius 2 is 1.74 bits per heavy atom. The smallest absolute Gasteiger partial charge is 0.279 e. The highest BCUT2D eigenvalue weighted by Crippen LogP contribution is 2.23. The molecule has 4 aromatic rings. The number of thiazole rings is 1. The van der Waals surface area contributed by atoms with E-state index in [2.05, 4.69) is 9.71 Å². The Morgan fingerprint density at radius 3 is 2.42 bits per heavy atom. The van der Waals surface area contributed by atoms with Gasteiger partial charge in [0, 0.05) is 30.7 Å². The number of hydrogen-bond acceptors (Lipinski definition) is 7. The van der Waals surface area contributed by atoms with E-state index < -0.39 is 31.6 Å². The molecule has 1 N–H and O–H groups in total. The molecule has 200 valence electrons. The van der Waals surface area contributed by atoms with E-state index in [0.29, 0.717) is 34.8 Å². The van der Waals surface area contributed by atoms with Crippen molar-refractivity contribution in [3.05, 3.63) is 82.9 Å². The van der Waals surface area contributed by atoms with E-state index >= 15 is 0 Å². The van der Waals surface area contributed by atoms with Gasteiger partial charge in [0.2, 0.25) is 0 Å². The third-order valence-electron chi connectivity index (χ3n) is 5.43. The maximum absolute atomic E-state index is 13.2. The summed E-state index contributed by atoms with van der Waals surface area (Å²) in [4.78, 5) is 17.7. The minimum Gasteiger partial charge on any atom is -0.380 e. The number of rotatable bonds is 9. The number of amides is 1. The summed E-state index contributed by atoms with van der Waals surface area (Å²) < 4.78 is 72.8. The Kier molecular flexibility index (Phi) is 8.11. The molecule has 13 heteroatoms. The van der Waals surface area contributed by atoms with Gasteiger partial charge >= 0.3 is 0 Å². The molecule has 0 aliphatic rings. The van der Waals surface area contributed by atoms with Gasteiger partial charge < -0.3 is 9.30 Å². The predicted molar refractivity (Wildman–Crippen MR) is 143 cm³/mol. The number of anilines is 1. The second kappa shape index (κ2) is 11.2. The van der Waals surface area contributed by atoms with Gasteiger partial charge in [0.05, 0.1) is 26.6 Å². The predicted octanol–water partition coefficient (Wildman–Crippen LogP) is 3.82. The summed E-state index contributed by atoms with van der Waals surface area (Å²) in [5.41, 5.74) is 0.970. The lowest BCUT2D eigenvalue weighted by atomic mass is 10.2. The molecule has 0 saturated heterocycles. The van der Waals surface area contributed by atoms with Crippen molar-refractivity contribution in [3.63, 3.8) is 0 Å². The van der Waals surface area contributed by atoms with Crippen molar-refractivity contribution in [2.45, 2.75) is 23.3 Å². The second-order valence-corrected chi connectivity index (χ2v) is 12.9. The lowest BCUT2D eigenvalue weighted by molar-refractivity contribution is 0.0996. The zero-order valence-corrected chi connectivity index (χ0v) is 22.9. The van der Waals surface area contributed by atoms with Gasteiger partial charge in [0.15, 0.2) is 14.6 Å². The quantitative estimate of drug-likeness (QED) is 0.302. The van der Waals surface area contributed by atoms with Crippen molar-refractivity contribution in [2.75, 3.05) is 24.2 Å². The molecule has 0 spiro atoms. The summed E-state index contributed by atoms with van der Waals surface area (Å²) in [5.74, 6) is -1.18. The third-order valence-corrected chi connectivity index (χ3v) is 8.98. The van der Waals surface area contributed by atoms with Gasteiger partial charge in [0.25, 0.3) is 15.9 Å². The topological polar surface area (TPSA) is 124 Å². The summed E-state index contributed by atoms with van der Waals surface area (Å²) >= 11 is 1.16. The van der Waals surface area contributed by atoms with Crippen molar-refractivity contribution in [3.8, 4) is 0 Å². The number of nitrogens with zero attached hydrogens (tertiary/aromatic N) is 2. The number of carbonyl (C=O) groups is 1. The van der Waals surface area contributed by atoms with Crippen LogP contribution in [0.15, 0.2) is 81.5 Å². The minimum absolute atomic E-state index is 0.130. The van der Waals surface area contributed by atoms with Gasteiger partial charge in [-0.15, -0.1) is 0 Å². The van der Waals surface area contributed by atoms with Crippen LogP contribution in [-0.2, 0) is 31.1 Å². The van der Waals surface area contributed by atoms with Crippen molar-refractivity contribution in [2.24, 2.45) is 4.99 Å². The van der Waals surface area contributed by atoms with Gasteiger partial charge in [-0.1, -0.05) is 17.4 Å². The lowest BCUT2D eigenvalue weighted by Crippen LogP contribution is -2.20. The molecule has 0 saturated carbocycles. The largest absolute Gasteiger partial charge is 0.380 e. The molecule has 0 atom stereocenters. The molecule has 1 heterocycles. The van der Waals surface area contributed by atoms with Crippen LogP contribution in [0.3, 0.4) is 0 Å². The van der Waals surface area contributed by atoms with E-state index in [1.165, 1.54) is 30.3 Å². The van der Waals surface area contributed by atoms with Crippen LogP contribution >= 0.6 is 11.3 Å². The number of aromatic nitrogens is 1. The van der Waals surface area contributed by atoms with Crippen LogP contribution < -0.4 is 9.52 Å². The van der Waals surface area contributed by atoms with Crippen LogP contribution in [0.1, 0.15) is 17.3 Å². The normalized spacial score (nSPS) is 12.7. The maximum Gasteiger partial charge on any atom is 0.279 e. The number of fused-ring (bicyclic) bond motifs is 1. The molecule has 0 fully saturated rings. The number of halogens is 1. The molecular formula is C25H24FN3O6S3. The first-order valence-corrected chi connectivity index (χ1v) is 15.6. The first kappa shape index (κ1) is 27.6. The zero-order valence-electron chi connectivity index (χ0n) is 20.4. The molecule has 0 unspecified atom stereocenters. The molecule has 9 nitrogen and oxygen atoms in total. The minimum atomic E-state index is -4.01. The van der Waals surface area contributed by atoms with E-state index in [1.54, 1.807) is 16.7 Å². The molecule has 1 amide bonds. The number of carbonyl (C=O) groups excluding carboxylic acids is 1. The molecule has 0 aliphatic carbocycles. The second-order valence-electron chi connectivity index (χ2n) is 8.19. The standard InChI is InChI=1S/C25H24FN3O6S3/c1-3-35-14-13-29-22-12-11-21(37(2,31)32)16-23(22)36-25(29)27-24(30)17-5-4-6-19(15-17)28-38(33,34)20-9-7-18(26)8-10-20/h4-12,15-16,28H,3,13-14H2,1-2H3. The molecule has 3 aromatic carbocycles. The molecule has 38 heavy (non-hydrogen) atoms. The molecule has 4 rings (SSSR count). The summed E-state index contributed by atoms with van der Waals surface area (Å²) in [5, 5.41) is 0. The summed E-state index contributed by atoms with van der Waals surface area (Å²) in [6.45, 7) is 3.11. The molecular weight excluding hydrogens is 553 g/mol. The van der Waals surface area contributed by atoms with Crippen LogP contribution in [0.4, 0.5) is 10.1 Å². The van der Waals surface area contributed by atoms with Crippen LogP contribution in [-0.4, -0.2) is 46.8 Å². The van der Waals surface area contributed by atoms with E-state index in [1.807, 2.05) is 6.92 Å². The van der Waals surface area contributed by atoms with Gasteiger partial charge in [-0.3, -0.25) is 9.52 Å². The lowest BCUT2D eigenvalue weighted by Gasteiger charge is -2.09. The van der Waals surface area contributed by atoms with Crippen LogP contribution in [0, 0.1) is 5.82 Å². The van der Waals surface area contributed by atoms with Crippen molar-refractivity contribution in [1.82, 2.24) is 4.57 Å². The number of sulfone groups is 1. The van der Waals surface area contributed by atoms with Crippen molar-refractivity contribution < 1.29 is 30.8 Å². The van der Waals surface area contributed by atoms with Gasteiger partial charge in [0.1, 0.15) is 5.82 Å². The highest BCUT2D eigenvalue weighted by atomic mass is 32.2. The maximum atomic E-state index is 13.2. The van der Waals surface area contributed by atoms with E-state index in [4.69, 9.17) is 4.74 Å². The molecule has 0 radical (unpaired) electrons. The number of hydrogen-bond donors (Lipinski definition) is 1. The number of benzene rings is 3. The highest BCUT2D eigenvalue weighted by Gasteiger charge is 2.16. The molecule has 1 aromatic heterocycles. The first-order valence-electron chi connectivity index (χ1n) is 11.4. The number of nitrogens with one attached hydrogen (secondary N) is 1. The Labute approximate surface area is 223 Å². The van der Waals surface area contributed by atoms with Crippen molar-refractivity contribution in [1.29, 1.82) is 0 Å². The van der Waals surface area contributed by atoms with Crippen LogP contribution in [0.25, 0.3) is 10.2 Å². The fraction of sp³-hybridized carbons (Fsp3) is 0.200. The SMILES string of the molecule is CCOCCn1c(=NC(=O)c2cccc(NS(=O)(=O)c3ccc(F)cc3)c2)sc2cc(S(C)(=O)=O)ccc21. The van der Waals surface area contributed by atoms with Crippen molar-refractivity contribution >= 4 is 53.0 Å². The van der Waals surface area contributed by atoms with E-state index in [9.17, 15) is 26.0 Å². The highest BCUT2D eigenvalue weighted by molar-refractivity contribution is 7.92. The van der Waals surface area contributed by atoms with Gasteiger partial charge in [-0.2, -0.15) is 4.99 Å². The Hall–Kier alpha value is -3.39. The Morgan fingerprint density at radius 1 is 1.03 bits per heavy atom. The van der Waals surface area contributed by atoms with E-state index in [-0.39, 0.29) is 21.0 Å². The molecule has 0 aliphatic heterocycles. The van der Waals surface area contributed by atoms with Gasteiger partial charge in [-0.25, -0.2) is 21.2 Å². The van der Waals surface area contributed by atoms with E-state index in [0.717, 1.165) is 41.9 Å². The average molecular weight is 578 g/mol. The first-order chi connectivity index (χ1) is 18.0.